The van der Waals surface area contributed by atoms with Crippen LogP contribution in [0.5, 0.6) is 0 Å². The highest BCUT2D eigenvalue weighted by atomic mass is 14.4. The van der Waals surface area contributed by atoms with Crippen LogP contribution in [-0.2, 0) is 0 Å². The summed E-state index contributed by atoms with van der Waals surface area (Å²) in [7, 11) is 0. The zero-order chi connectivity index (χ0) is 10.9. The Labute approximate surface area is 94.5 Å². The lowest BCUT2D eigenvalue weighted by Crippen LogP contribution is -2.19. The molecule has 0 aromatic rings. The molecular weight excluding hydrogens is 180 g/mol. The predicted octanol–water partition coefficient (Wildman–Crippen LogP) is 4.68. The van der Waals surface area contributed by atoms with Gasteiger partial charge in [-0.3, -0.25) is 0 Å². The number of hydrogen-bond donors (Lipinski definition) is 0. The standard InChI is InChI=1S/C15H23/c1-12-8-10-14(15(12,2)3)11-9-13-6-4-5-7-13/h6,8-9,14H,4-5,7,10-11H2,1-3H3. The second-order valence-electron chi connectivity index (χ2n) is 5.65. The minimum absolute atomic E-state index is 0.426. The van der Waals surface area contributed by atoms with E-state index in [2.05, 4.69) is 39.3 Å². The van der Waals surface area contributed by atoms with Crippen LogP contribution >= 0.6 is 0 Å². The van der Waals surface area contributed by atoms with Crippen LogP contribution in [-0.4, -0.2) is 0 Å². The highest BCUT2D eigenvalue weighted by Crippen LogP contribution is 2.45. The Balaban J connectivity index is 1.94. The van der Waals surface area contributed by atoms with Crippen molar-refractivity contribution < 1.29 is 0 Å². The first kappa shape index (κ1) is 11.0. The Kier molecular flexibility index (Phi) is 3.04. The first-order valence-corrected chi connectivity index (χ1v) is 6.30. The van der Waals surface area contributed by atoms with Crippen molar-refractivity contribution in [3.05, 3.63) is 29.7 Å². The van der Waals surface area contributed by atoms with Crippen LogP contribution in [0.1, 0.15) is 52.9 Å². The van der Waals surface area contributed by atoms with E-state index in [1.54, 1.807) is 11.1 Å². The van der Waals surface area contributed by atoms with Crippen molar-refractivity contribution in [1.82, 2.24) is 0 Å². The van der Waals surface area contributed by atoms with Crippen LogP contribution in [0.3, 0.4) is 0 Å². The first-order chi connectivity index (χ1) is 7.10. The van der Waals surface area contributed by atoms with Gasteiger partial charge in [-0.15, -0.1) is 0 Å². The van der Waals surface area contributed by atoms with Crippen LogP contribution < -0.4 is 0 Å². The highest BCUT2D eigenvalue weighted by molar-refractivity contribution is 5.22. The summed E-state index contributed by atoms with van der Waals surface area (Å²) in [5.41, 5.74) is 3.62. The van der Waals surface area contributed by atoms with Gasteiger partial charge in [-0.2, -0.15) is 0 Å². The number of hydrogen-bond acceptors (Lipinski definition) is 0. The normalized spacial score (nSPS) is 32.3. The molecule has 0 aliphatic heterocycles. The molecule has 2 aliphatic rings. The smallest absolute Gasteiger partial charge is 0.0113 e. The Bertz CT molecular complexity index is 283. The van der Waals surface area contributed by atoms with Crippen LogP contribution in [0.4, 0.5) is 0 Å². The zero-order valence-electron chi connectivity index (χ0n) is 10.3. The summed E-state index contributed by atoms with van der Waals surface area (Å²) in [5.74, 6) is 0.832. The lowest BCUT2D eigenvalue weighted by Gasteiger charge is -2.29. The highest BCUT2D eigenvalue weighted by Gasteiger charge is 2.33. The third kappa shape index (κ3) is 2.19. The van der Waals surface area contributed by atoms with Gasteiger partial charge in [0.15, 0.2) is 0 Å². The SMILES string of the molecule is CC1=CCC(CC=C2[CH]CCC2)C1(C)C. The van der Waals surface area contributed by atoms with E-state index in [9.17, 15) is 0 Å². The van der Waals surface area contributed by atoms with E-state index in [0.29, 0.717) is 5.41 Å². The molecule has 0 spiro atoms. The minimum Gasteiger partial charge on any atom is -0.0847 e. The number of rotatable bonds is 2. The van der Waals surface area contributed by atoms with Crippen molar-refractivity contribution in [1.29, 1.82) is 0 Å². The van der Waals surface area contributed by atoms with Gasteiger partial charge in [0.1, 0.15) is 0 Å². The monoisotopic (exact) mass is 203 g/mol. The zero-order valence-corrected chi connectivity index (χ0v) is 10.3. The molecule has 15 heavy (non-hydrogen) atoms. The molecule has 1 fully saturated rings. The predicted molar refractivity (Wildman–Crippen MR) is 66.5 cm³/mol. The molecule has 0 aromatic carbocycles. The van der Waals surface area contributed by atoms with Gasteiger partial charge in [0, 0.05) is 0 Å². The molecule has 0 amide bonds. The summed E-state index contributed by atoms with van der Waals surface area (Å²) in [6.07, 6.45) is 13.9. The van der Waals surface area contributed by atoms with Gasteiger partial charge in [-0.25, -0.2) is 0 Å². The Morgan fingerprint density at radius 1 is 1.47 bits per heavy atom. The van der Waals surface area contributed by atoms with E-state index in [0.717, 1.165) is 5.92 Å². The molecule has 0 bridgehead atoms. The molecule has 1 radical (unpaired) electrons. The molecule has 1 unspecified atom stereocenters. The molecule has 0 aromatic heterocycles. The largest absolute Gasteiger partial charge is 0.0847 e. The summed E-state index contributed by atoms with van der Waals surface area (Å²) in [6, 6.07) is 0. The maximum absolute atomic E-state index is 2.49. The molecule has 2 rings (SSSR count). The van der Waals surface area contributed by atoms with Crippen LogP contribution in [0, 0.1) is 17.8 Å². The third-order valence-electron chi connectivity index (χ3n) is 4.49. The van der Waals surface area contributed by atoms with Crippen molar-refractivity contribution in [2.75, 3.05) is 0 Å². The van der Waals surface area contributed by atoms with Crippen molar-refractivity contribution in [3.8, 4) is 0 Å². The van der Waals surface area contributed by atoms with Gasteiger partial charge < -0.3 is 0 Å². The van der Waals surface area contributed by atoms with Crippen LogP contribution in [0.25, 0.3) is 0 Å². The summed E-state index contributed by atoms with van der Waals surface area (Å²) in [5, 5.41) is 0. The second kappa shape index (κ2) is 4.15. The molecular formula is C15H23. The quantitative estimate of drug-likeness (QED) is 0.571. The van der Waals surface area contributed by atoms with Gasteiger partial charge >= 0.3 is 0 Å². The van der Waals surface area contributed by atoms with Crippen LogP contribution in [0.2, 0.25) is 0 Å². The molecule has 2 aliphatic carbocycles. The van der Waals surface area contributed by atoms with E-state index in [-0.39, 0.29) is 0 Å². The van der Waals surface area contributed by atoms with Crippen molar-refractivity contribution in [2.24, 2.45) is 11.3 Å². The van der Waals surface area contributed by atoms with Gasteiger partial charge in [0.2, 0.25) is 0 Å². The molecule has 1 saturated carbocycles. The van der Waals surface area contributed by atoms with Crippen molar-refractivity contribution >= 4 is 0 Å². The van der Waals surface area contributed by atoms with E-state index < -0.39 is 0 Å². The van der Waals surface area contributed by atoms with Gasteiger partial charge in [0.05, 0.1) is 0 Å². The van der Waals surface area contributed by atoms with E-state index >= 15 is 0 Å². The Hall–Kier alpha value is -0.520. The lowest BCUT2D eigenvalue weighted by molar-refractivity contribution is 0.294. The number of allylic oxidation sites excluding steroid dienone is 4. The summed E-state index contributed by atoms with van der Waals surface area (Å²) >= 11 is 0. The fourth-order valence-electron chi connectivity index (χ4n) is 2.76. The average Bonchev–Trinajstić information content (AvgIpc) is 2.76. The topological polar surface area (TPSA) is 0 Å². The molecule has 0 saturated heterocycles. The summed E-state index contributed by atoms with van der Waals surface area (Å²) < 4.78 is 0. The Morgan fingerprint density at radius 2 is 2.27 bits per heavy atom. The molecule has 0 heteroatoms. The minimum atomic E-state index is 0.426. The van der Waals surface area contributed by atoms with Crippen molar-refractivity contribution in [3.63, 3.8) is 0 Å². The van der Waals surface area contributed by atoms with E-state index in [4.69, 9.17) is 0 Å². The van der Waals surface area contributed by atoms with Crippen LogP contribution in [0.15, 0.2) is 23.3 Å². The maximum Gasteiger partial charge on any atom is -0.0113 e. The molecule has 0 N–H and O–H groups in total. The fourth-order valence-corrected chi connectivity index (χ4v) is 2.76. The summed E-state index contributed by atoms with van der Waals surface area (Å²) in [6.45, 7) is 7.08. The Morgan fingerprint density at radius 3 is 2.80 bits per heavy atom. The van der Waals surface area contributed by atoms with Crippen molar-refractivity contribution in [2.45, 2.75) is 52.9 Å². The third-order valence-corrected chi connectivity index (χ3v) is 4.49. The van der Waals surface area contributed by atoms with Gasteiger partial charge in [0.25, 0.3) is 0 Å². The molecule has 1 atom stereocenters. The molecule has 0 nitrogen and oxygen atoms in total. The average molecular weight is 203 g/mol. The van der Waals surface area contributed by atoms with E-state index in [1.807, 2.05) is 0 Å². The second-order valence-corrected chi connectivity index (χ2v) is 5.65. The van der Waals surface area contributed by atoms with Gasteiger partial charge in [-0.05, 0) is 56.8 Å². The first-order valence-electron chi connectivity index (χ1n) is 6.30. The maximum atomic E-state index is 2.49. The van der Waals surface area contributed by atoms with Gasteiger partial charge in [-0.1, -0.05) is 37.1 Å². The summed E-state index contributed by atoms with van der Waals surface area (Å²) in [4.78, 5) is 0. The molecule has 0 heterocycles. The fraction of sp³-hybridized carbons (Fsp3) is 0.667. The van der Waals surface area contributed by atoms with E-state index in [1.165, 1.54) is 32.1 Å². The lowest BCUT2D eigenvalue weighted by atomic mass is 9.76. The molecule has 83 valence electrons.